The van der Waals surface area contributed by atoms with Crippen LogP contribution in [0.3, 0.4) is 0 Å². The molecule has 0 aliphatic carbocycles. The summed E-state index contributed by atoms with van der Waals surface area (Å²) < 4.78 is 0. The molecule has 8 nitrogen and oxygen atoms in total. The van der Waals surface area contributed by atoms with Crippen molar-refractivity contribution in [3.63, 3.8) is 0 Å². The van der Waals surface area contributed by atoms with Gasteiger partial charge in [0.1, 0.15) is 5.84 Å². The van der Waals surface area contributed by atoms with Crippen molar-refractivity contribution in [2.45, 2.75) is 46.0 Å². The molecule has 2 aliphatic heterocycles. The molecule has 8 heteroatoms. The second-order valence-corrected chi connectivity index (χ2v) is 9.55. The Balaban J connectivity index is 1.53. The molecule has 0 unspecified atom stereocenters. The summed E-state index contributed by atoms with van der Waals surface area (Å²) >= 11 is 0. The van der Waals surface area contributed by atoms with E-state index in [1.807, 2.05) is 15.9 Å². The lowest BCUT2D eigenvalue weighted by Gasteiger charge is -2.22. The molecular weight excluding hydrogens is 466 g/mol. The van der Waals surface area contributed by atoms with E-state index in [1.165, 1.54) is 0 Å². The summed E-state index contributed by atoms with van der Waals surface area (Å²) in [5.41, 5.74) is 9.57. The number of benzene rings is 2. The molecule has 0 bridgehead atoms. The highest BCUT2D eigenvalue weighted by Crippen LogP contribution is 2.29. The third-order valence-corrected chi connectivity index (χ3v) is 6.57. The van der Waals surface area contributed by atoms with Gasteiger partial charge in [-0.3, -0.25) is 14.4 Å². The van der Waals surface area contributed by atoms with Gasteiger partial charge in [-0.1, -0.05) is 26.0 Å². The van der Waals surface area contributed by atoms with E-state index >= 15 is 0 Å². The molecular formula is C29H35N5O3. The Kier molecular flexibility index (Phi) is 8.38. The quantitative estimate of drug-likeness (QED) is 0.551. The Morgan fingerprint density at radius 1 is 1.00 bits per heavy atom. The van der Waals surface area contributed by atoms with E-state index in [9.17, 15) is 14.4 Å². The molecule has 2 heterocycles. The third kappa shape index (κ3) is 6.25. The molecule has 1 saturated heterocycles. The van der Waals surface area contributed by atoms with E-state index in [0.29, 0.717) is 47.0 Å². The van der Waals surface area contributed by atoms with Gasteiger partial charge in [0.25, 0.3) is 11.8 Å². The Hall–Kier alpha value is -3.94. The molecule has 3 N–H and O–H groups in total. The van der Waals surface area contributed by atoms with E-state index in [1.54, 1.807) is 42.5 Å². The number of nitrogens with zero attached hydrogens (tertiary/aromatic N) is 3. The summed E-state index contributed by atoms with van der Waals surface area (Å²) in [4.78, 5) is 47.1. The molecule has 4 rings (SSSR count). The van der Waals surface area contributed by atoms with E-state index < -0.39 is 0 Å². The van der Waals surface area contributed by atoms with Gasteiger partial charge in [-0.15, -0.1) is 0 Å². The number of carbonyl (C=O) groups is 3. The van der Waals surface area contributed by atoms with Gasteiger partial charge in [-0.2, -0.15) is 0 Å². The number of hydrogen-bond acceptors (Lipinski definition) is 5. The molecule has 0 saturated carbocycles. The van der Waals surface area contributed by atoms with Crippen LogP contribution in [-0.4, -0.2) is 59.5 Å². The van der Waals surface area contributed by atoms with Gasteiger partial charge >= 0.3 is 0 Å². The van der Waals surface area contributed by atoms with Crippen LogP contribution in [0.4, 0.5) is 11.4 Å². The lowest BCUT2D eigenvalue weighted by molar-refractivity contribution is -0.127. The maximum absolute atomic E-state index is 13.2. The fourth-order valence-electron chi connectivity index (χ4n) is 4.76. The average Bonchev–Trinajstić information content (AvgIpc) is 3.37. The van der Waals surface area contributed by atoms with Gasteiger partial charge < -0.3 is 20.9 Å². The minimum Gasteiger partial charge on any atom is -0.387 e. The van der Waals surface area contributed by atoms with E-state index in [2.05, 4.69) is 24.2 Å². The first-order chi connectivity index (χ1) is 17.9. The third-order valence-electron chi connectivity index (χ3n) is 6.57. The van der Waals surface area contributed by atoms with Crippen molar-refractivity contribution < 1.29 is 14.4 Å². The van der Waals surface area contributed by atoms with Crippen LogP contribution in [0.2, 0.25) is 0 Å². The summed E-state index contributed by atoms with van der Waals surface area (Å²) in [6.07, 6.45) is 5.90. The number of amidine groups is 1. The first-order valence-electron chi connectivity index (χ1n) is 13.1. The predicted octanol–water partition coefficient (Wildman–Crippen LogP) is 4.60. The van der Waals surface area contributed by atoms with Gasteiger partial charge in [0.2, 0.25) is 5.91 Å². The molecule has 0 radical (unpaired) electrons. The van der Waals surface area contributed by atoms with Crippen LogP contribution in [0.25, 0.3) is 6.08 Å². The number of fused-ring (bicyclic) bond motifs is 1. The first kappa shape index (κ1) is 26.1. The van der Waals surface area contributed by atoms with Crippen LogP contribution >= 0.6 is 0 Å². The SMILES string of the molecule is CCCN(CCC)C(=O)C1=Cc2ccc(C(=O)Nc3cccc(C(=O)N4CCCC4)c3)cc2N=C(N)C1. The van der Waals surface area contributed by atoms with E-state index in [4.69, 9.17) is 5.73 Å². The molecule has 0 aromatic heterocycles. The predicted molar refractivity (Wildman–Crippen MR) is 147 cm³/mol. The molecule has 0 spiro atoms. The molecule has 3 amide bonds. The van der Waals surface area contributed by atoms with Gasteiger partial charge in [0, 0.05) is 60.6 Å². The summed E-state index contributed by atoms with van der Waals surface area (Å²) in [5, 5.41) is 2.88. The summed E-state index contributed by atoms with van der Waals surface area (Å²) in [6.45, 7) is 7.03. The number of aliphatic imine (C=N–C) groups is 1. The molecule has 2 aromatic rings. The molecule has 2 aromatic carbocycles. The summed E-state index contributed by atoms with van der Waals surface area (Å²) in [7, 11) is 0. The second-order valence-electron chi connectivity index (χ2n) is 9.55. The van der Waals surface area contributed by atoms with Crippen molar-refractivity contribution >= 4 is 41.0 Å². The number of carbonyl (C=O) groups excluding carboxylic acids is 3. The monoisotopic (exact) mass is 501 g/mol. The summed E-state index contributed by atoms with van der Waals surface area (Å²) in [6, 6.07) is 12.2. The molecule has 0 atom stereocenters. The van der Waals surface area contributed by atoms with Crippen LogP contribution in [0.15, 0.2) is 53.0 Å². The number of amides is 3. The molecule has 37 heavy (non-hydrogen) atoms. The Morgan fingerprint density at radius 2 is 1.73 bits per heavy atom. The molecule has 194 valence electrons. The zero-order valence-corrected chi connectivity index (χ0v) is 21.6. The number of anilines is 1. The van der Waals surface area contributed by atoms with Gasteiger partial charge in [0.15, 0.2) is 0 Å². The first-order valence-corrected chi connectivity index (χ1v) is 13.1. The topological polar surface area (TPSA) is 108 Å². The minimum atomic E-state index is -0.316. The largest absolute Gasteiger partial charge is 0.387 e. The van der Waals surface area contributed by atoms with Crippen molar-refractivity contribution in [3.8, 4) is 0 Å². The average molecular weight is 502 g/mol. The van der Waals surface area contributed by atoms with Crippen molar-refractivity contribution in [1.82, 2.24) is 9.80 Å². The highest BCUT2D eigenvalue weighted by molar-refractivity contribution is 6.08. The van der Waals surface area contributed by atoms with Crippen LogP contribution in [0.1, 0.15) is 72.2 Å². The Bertz CT molecular complexity index is 1240. The highest BCUT2D eigenvalue weighted by Gasteiger charge is 2.22. The maximum Gasteiger partial charge on any atom is 0.255 e. The minimum absolute atomic E-state index is 0.0166. The van der Waals surface area contributed by atoms with Crippen molar-refractivity contribution in [2.75, 3.05) is 31.5 Å². The number of rotatable bonds is 8. The highest BCUT2D eigenvalue weighted by atomic mass is 16.2. The van der Waals surface area contributed by atoms with Crippen LogP contribution in [0.5, 0.6) is 0 Å². The number of nitrogens with two attached hydrogens (primary N) is 1. The number of likely N-dealkylation sites (tertiary alicyclic amines) is 1. The summed E-state index contributed by atoms with van der Waals surface area (Å²) in [5.74, 6) is -0.0298. The lowest BCUT2D eigenvalue weighted by Crippen LogP contribution is -2.34. The molecule has 1 fully saturated rings. The number of hydrogen-bond donors (Lipinski definition) is 2. The zero-order chi connectivity index (χ0) is 26.4. The van der Waals surface area contributed by atoms with Gasteiger partial charge in [0.05, 0.1) is 5.69 Å². The van der Waals surface area contributed by atoms with Crippen molar-refractivity contribution in [1.29, 1.82) is 0 Å². The van der Waals surface area contributed by atoms with Crippen LogP contribution < -0.4 is 11.1 Å². The van der Waals surface area contributed by atoms with Gasteiger partial charge in [-0.25, -0.2) is 4.99 Å². The normalized spacial score (nSPS) is 14.8. The van der Waals surface area contributed by atoms with Crippen LogP contribution in [-0.2, 0) is 4.79 Å². The van der Waals surface area contributed by atoms with Crippen molar-refractivity contribution in [3.05, 3.63) is 64.7 Å². The Labute approximate surface area is 218 Å². The smallest absolute Gasteiger partial charge is 0.255 e. The fourth-order valence-corrected chi connectivity index (χ4v) is 4.76. The Morgan fingerprint density at radius 3 is 2.43 bits per heavy atom. The fraction of sp³-hybridized carbons (Fsp3) is 0.379. The van der Waals surface area contributed by atoms with Gasteiger partial charge in [-0.05, 0) is 62.1 Å². The van der Waals surface area contributed by atoms with E-state index in [0.717, 1.165) is 44.3 Å². The lowest BCUT2D eigenvalue weighted by atomic mass is 10.0. The second kappa shape index (κ2) is 11.9. The molecule has 2 aliphatic rings. The standard InChI is InChI=1S/C29H35N5O3/c1-3-12-33(13-4-2)29(37)23-16-20-10-11-21(18-25(20)32-26(30)19-23)27(35)31-24-9-7-8-22(17-24)28(36)34-14-5-6-15-34/h7-11,16-18H,3-6,12-15,19H2,1-2H3,(H2,30,32)(H,31,35). The zero-order valence-electron chi connectivity index (χ0n) is 21.6. The van der Waals surface area contributed by atoms with E-state index in [-0.39, 0.29) is 24.1 Å². The maximum atomic E-state index is 13.2. The van der Waals surface area contributed by atoms with Crippen molar-refractivity contribution in [2.24, 2.45) is 10.7 Å². The van der Waals surface area contributed by atoms with Crippen LogP contribution in [0, 0.1) is 0 Å². The number of nitrogens with one attached hydrogen (secondary N) is 1.